The summed E-state index contributed by atoms with van der Waals surface area (Å²) in [6.07, 6.45) is -0.787. The molecule has 0 aromatic heterocycles. The van der Waals surface area contributed by atoms with Gasteiger partial charge in [0.2, 0.25) is 0 Å². The molecule has 0 aromatic carbocycles. The second kappa shape index (κ2) is 3.61. The Morgan fingerprint density at radius 2 is 1.47 bits per heavy atom. The summed E-state index contributed by atoms with van der Waals surface area (Å²) in [6.45, 7) is 0. The minimum absolute atomic E-state index is 0.0574. The van der Waals surface area contributed by atoms with E-state index < -0.39 is 47.5 Å². The van der Waals surface area contributed by atoms with Crippen molar-refractivity contribution in [2.75, 3.05) is 0 Å². The van der Waals surface area contributed by atoms with Crippen molar-refractivity contribution in [3.05, 3.63) is 0 Å². The molecule has 1 saturated carbocycles. The van der Waals surface area contributed by atoms with Gasteiger partial charge in [0.15, 0.2) is 17.5 Å². The van der Waals surface area contributed by atoms with Crippen LogP contribution in [0.1, 0.15) is 0 Å². The van der Waals surface area contributed by atoms with Crippen molar-refractivity contribution in [2.24, 2.45) is 17.8 Å². The number of Topliss-reactive ketones (excluding diaryl/α,β-unsaturated/α-hetero) is 2. The number of carbonyl (C=O) groups is 3. The summed E-state index contributed by atoms with van der Waals surface area (Å²) in [5, 5.41) is 8.93. The van der Waals surface area contributed by atoms with E-state index >= 15 is 0 Å². The lowest BCUT2D eigenvalue weighted by Crippen LogP contribution is -2.42. The van der Waals surface area contributed by atoms with E-state index in [-0.39, 0.29) is 9.65 Å². The van der Waals surface area contributed by atoms with E-state index in [1.165, 1.54) is 0 Å². The molecule has 6 atom stereocenters. The number of hydrogen-bond donors (Lipinski definition) is 1. The molecule has 3 rings (SSSR count). The van der Waals surface area contributed by atoms with Gasteiger partial charge < -0.3 is 9.84 Å². The molecule has 17 heavy (non-hydrogen) atoms. The van der Waals surface area contributed by atoms with Crippen LogP contribution in [0.4, 0.5) is 0 Å². The minimum atomic E-state index is -1.49. The second-order valence-corrected chi connectivity index (χ2v) is 6.70. The molecule has 0 amide bonds. The van der Waals surface area contributed by atoms with Crippen molar-refractivity contribution in [1.82, 2.24) is 0 Å². The molecule has 92 valence electrons. The molecule has 7 heteroatoms. The molecule has 2 aliphatic heterocycles. The van der Waals surface area contributed by atoms with E-state index in [1.807, 2.05) is 0 Å². The Morgan fingerprint density at radius 1 is 1.06 bits per heavy atom. The molecule has 2 bridgehead atoms. The Balaban J connectivity index is 2.01. The summed E-state index contributed by atoms with van der Waals surface area (Å²) in [7, 11) is 0. The number of ether oxygens (including phenoxy) is 1. The summed E-state index contributed by atoms with van der Waals surface area (Å²) in [5.41, 5.74) is 0. The number of aliphatic carboxylic acids is 1. The van der Waals surface area contributed by atoms with Gasteiger partial charge in [-0.25, -0.2) is 0 Å². The second-order valence-electron chi connectivity index (χ2n) is 4.58. The van der Waals surface area contributed by atoms with Gasteiger partial charge in [0, 0.05) is 0 Å². The fraction of sp³-hybridized carbons (Fsp3) is 0.700. The van der Waals surface area contributed by atoms with Crippen molar-refractivity contribution >= 4 is 49.4 Å². The van der Waals surface area contributed by atoms with Crippen LogP contribution in [-0.4, -0.2) is 44.5 Å². The summed E-state index contributed by atoms with van der Waals surface area (Å²) >= 11 is 6.84. The lowest BCUT2D eigenvalue weighted by atomic mass is 9.81. The molecular weight excluding hydrogens is 360 g/mol. The van der Waals surface area contributed by atoms with Crippen LogP contribution in [0.5, 0.6) is 0 Å². The quantitative estimate of drug-likeness (QED) is 0.535. The van der Waals surface area contributed by atoms with Crippen molar-refractivity contribution < 1.29 is 24.2 Å². The first-order chi connectivity index (χ1) is 7.95. The van der Waals surface area contributed by atoms with Crippen LogP contribution in [0, 0.1) is 17.8 Å². The average Bonchev–Trinajstić information content (AvgIpc) is 2.83. The number of carboxylic acids is 1. The highest BCUT2D eigenvalue weighted by molar-refractivity contribution is 9.12. The molecule has 0 radical (unpaired) electrons. The number of fused-ring (bicyclic) bond motifs is 5. The van der Waals surface area contributed by atoms with Gasteiger partial charge in [-0.05, 0) is 0 Å². The van der Waals surface area contributed by atoms with Crippen LogP contribution < -0.4 is 0 Å². The van der Waals surface area contributed by atoms with Gasteiger partial charge in [0.05, 0.1) is 33.7 Å². The maximum atomic E-state index is 12.0. The van der Waals surface area contributed by atoms with E-state index in [1.54, 1.807) is 0 Å². The van der Waals surface area contributed by atoms with Gasteiger partial charge in [-0.2, -0.15) is 0 Å². The van der Waals surface area contributed by atoms with E-state index in [0.717, 1.165) is 0 Å². The molecule has 1 aliphatic carbocycles. The fourth-order valence-electron chi connectivity index (χ4n) is 3.11. The first kappa shape index (κ1) is 11.8. The predicted molar refractivity (Wildman–Crippen MR) is 62.2 cm³/mol. The van der Waals surface area contributed by atoms with E-state index in [4.69, 9.17) is 9.84 Å². The Bertz CT molecular complexity index is 404. The Hall–Kier alpha value is -0.270. The van der Waals surface area contributed by atoms with Gasteiger partial charge in [0.25, 0.3) is 0 Å². The van der Waals surface area contributed by atoms with Crippen molar-refractivity contribution in [1.29, 1.82) is 0 Å². The van der Waals surface area contributed by atoms with Gasteiger partial charge in [0.1, 0.15) is 0 Å². The van der Waals surface area contributed by atoms with E-state index in [0.29, 0.717) is 0 Å². The Labute approximate surface area is 113 Å². The van der Waals surface area contributed by atoms with E-state index in [9.17, 15) is 14.4 Å². The van der Waals surface area contributed by atoms with Crippen LogP contribution in [0.3, 0.4) is 0 Å². The van der Waals surface area contributed by atoms with Gasteiger partial charge in [-0.3, -0.25) is 14.4 Å². The van der Waals surface area contributed by atoms with Gasteiger partial charge in [-0.15, -0.1) is 0 Å². The topological polar surface area (TPSA) is 80.7 Å². The van der Waals surface area contributed by atoms with Gasteiger partial charge >= 0.3 is 5.97 Å². The first-order valence-corrected chi connectivity index (χ1v) is 7.02. The highest BCUT2D eigenvalue weighted by atomic mass is 79.9. The summed E-state index contributed by atoms with van der Waals surface area (Å²) < 4.78 is 5.60. The van der Waals surface area contributed by atoms with Gasteiger partial charge in [-0.1, -0.05) is 31.9 Å². The number of carbonyl (C=O) groups excluding carboxylic acids is 2. The SMILES string of the molecule is O=C(O)C1C(=O)C2C3OC(C(Br)C3Br)C2C1=O. The normalized spacial score (nSPS) is 52.0. The van der Waals surface area contributed by atoms with Crippen LogP contribution in [0.15, 0.2) is 0 Å². The minimum Gasteiger partial charge on any atom is -0.480 e. The van der Waals surface area contributed by atoms with Crippen molar-refractivity contribution in [3.8, 4) is 0 Å². The summed E-state index contributed by atoms with van der Waals surface area (Å²) in [4.78, 5) is 34.8. The zero-order chi connectivity index (χ0) is 12.5. The third-order valence-electron chi connectivity index (χ3n) is 3.81. The van der Waals surface area contributed by atoms with E-state index in [2.05, 4.69) is 31.9 Å². The maximum absolute atomic E-state index is 12.0. The highest BCUT2D eigenvalue weighted by Crippen LogP contribution is 2.54. The Kier molecular flexibility index (Phi) is 2.51. The van der Waals surface area contributed by atoms with Crippen LogP contribution in [0.25, 0.3) is 0 Å². The lowest BCUT2D eigenvalue weighted by molar-refractivity contribution is -0.149. The predicted octanol–water partition coefficient (Wildman–Crippen LogP) is 0.379. The Morgan fingerprint density at radius 3 is 1.82 bits per heavy atom. The third kappa shape index (κ3) is 1.30. The van der Waals surface area contributed by atoms with Crippen LogP contribution in [-0.2, 0) is 19.1 Å². The standard InChI is InChI=1S/C10H8Br2O5/c11-4-5(12)9-2-1(8(4)17-9)6(13)3(7(2)14)10(15)16/h1-5,8-9H,(H,15,16). The molecular formula is C10H8Br2O5. The van der Waals surface area contributed by atoms with Crippen LogP contribution >= 0.6 is 31.9 Å². The van der Waals surface area contributed by atoms with Crippen molar-refractivity contribution in [2.45, 2.75) is 21.9 Å². The number of carboxylic acid groups (broad SMARTS) is 1. The third-order valence-corrected chi connectivity index (χ3v) is 6.70. The lowest BCUT2D eigenvalue weighted by Gasteiger charge is -2.26. The molecule has 3 fully saturated rings. The number of rotatable bonds is 1. The largest absolute Gasteiger partial charge is 0.480 e. The number of ketones is 2. The van der Waals surface area contributed by atoms with Crippen LogP contribution in [0.2, 0.25) is 0 Å². The molecule has 0 aromatic rings. The molecule has 6 unspecified atom stereocenters. The fourth-order valence-corrected chi connectivity index (χ4v) is 4.62. The number of halogens is 2. The molecule has 0 spiro atoms. The number of hydrogen-bond acceptors (Lipinski definition) is 4. The van der Waals surface area contributed by atoms with Crippen molar-refractivity contribution in [3.63, 3.8) is 0 Å². The average molecular weight is 368 g/mol. The smallest absolute Gasteiger partial charge is 0.321 e. The zero-order valence-electron chi connectivity index (χ0n) is 8.38. The molecule has 2 heterocycles. The highest BCUT2D eigenvalue weighted by Gasteiger charge is 2.69. The monoisotopic (exact) mass is 366 g/mol. The number of alkyl halides is 2. The zero-order valence-corrected chi connectivity index (χ0v) is 11.5. The molecule has 5 nitrogen and oxygen atoms in total. The summed E-state index contributed by atoms with van der Waals surface area (Å²) in [5.74, 6) is -5.01. The molecule has 3 aliphatic rings. The molecule has 2 saturated heterocycles. The molecule has 1 N–H and O–H groups in total. The maximum Gasteiger partial charge on any atom is 0.321 e. The first-order valence-electron chi connectivity index (χ1n) is 5.19. The summed E-state index contributed by atoms with van der Waals surface area (Å²) in [6, 6.07) is 0.